The summed E-state index contributed by atoms with van der Waals surface area (Å²) in [6.45, 7) is 27.0. The highest BCUT2D eigenvalue weighted by Crippen LogP contribution is 2.36. The van der Waals surface area contributed by atoms with Gasteiger partial charge in [-0.1, -0.05) is 151 Å². The van der Waals surface area contributed by atoms with Gasteiger partial charge in [0.2, 0.25) is 0 Å². The quantitative estimate of drug-likeness (QED) is 0.132. The third kappa shape index (κ3) is 13.8. The first kappa shape index (κ1) is 38.0. The van der Waals surface area contributed by atoms with Crippen LogP contribution in [-0.2, 0) is 5.41 Å². The van der Waals surface area contributed by atoms with Gasteiger partial charge in [0.25, 0.3) is 0 Å². The van der Waals surface area contributed by atoms with E-state index in [-0.39, 0.29) is 5.41 Å². The Bertz CT molecular complexity index is 1110. The van der Waals surface area contributed by atoms with Crippen LogP contribution in [0.5, 0.6) is 11.5 Å². The van der Waals surface area contributed by atoms with E-state index in [0.717, 1.165) is 55.8 Å². The van der Waals surface area contributed by atoms with Crippen molar-refractivity contribution in [1.29, 1.82) is 0 Å². The van der Waals surface area contributed by atoms with Crippen LogP contribution in [-0.4, -0.2) is 13.2 Å². The second kappa shape index (κ2) is 19.3. The van der Waals surface area contributed by atoms with Gasteiger partial charge in [-0.2, -0.15) is 0 Å². The van der Waals surface area contributed by atoms with E-state index in [9.17, 15) is 0 Å². The fourth-order valence-corrected chi connectivity index (χ4v) is 5.74. The summed E-state index contributed by atoms with van der Waals surface area (Å²) in [5.41, 5.74) is 5.01. The van der Waals surface area contributed by atoms with Crippen LogP contribution >= 0.6 is 0 Å². The van der Waals surface area contributed by atoms with Crippen LogP contribution in [0, 0.1) is 23.7 Å². The molecule has 2 aromatic rings. The van der Waals surface area contributed by atoms with E-state index in [1.165, 1.54) is 60.8 Å². The highest BCUT2D eigenvalue weighted by Gasteiger charge is 2.23. The number of rotatable bonds is 21. The van der Waals surface area contributed by atoms with E-state index < -0.39 is 0 Å². The molecule has 0 aromatic heterocycles. The van der Waals surface area contributed by atoms with E-state index in [1.807, 2.05) is 0 Å². The molecule has 2 aromatic carbocycles. The van der Waals surface area contributed by atoms with Gasteiger partial charge in [0.1, 0.15) is 11.5 Å². The Morgan fingerprint density at radius 2 is 1.09 bits per heavy atom. The maximum atomic E-state index is 6.52. The number of ether oxygens (including phenoxy) is 2. The zero-order chi connectivity index (χ0) is 32.7. The van der Waals surface area contributed by atoms with E-state index in [1.54, 1.807) is 0 Å². The highest BCUT2D eigenvalue weighted by molar-refractivity contribution is 5.71. The van der Waals surface area contributed by atoms with Crippen molar-refractivity contribution >= 4 is 12.2 Å². The average molecular weight is 605 g/mol. The molecule has 2 unspecified atom stereocenters. The minimum atomic E-state index is 0.0747. The summed E-state index contributed by atoms with van der Waals surface area (Å²) < 4.78 is 12.9. The zero-order valence-electron chi connectivity index (χ0n) is 30.6. The molecule has 0 aliphatic rings. The first-order chi connectivity index (χ1) is 20.8. The van der Waals surface area contributed by atoms with E-state index in [4.69, 9.17) is 9.47 Å². The van der Waals surface area contributed by atoms with Crippen molar-refractivity contribution < 1.29 is 9.47 Å². The van der Waals surface area contributed by atoms with Crippen molar-refractivity contribution in [2.24, 2.45) is 23.7 Å². The second-order valence-electron chi connectivity index (χ2n) is 15.4. The lowest BCUT2D eigenvalue weighted by Gasteiger charge is -2.26. The molecule has 2 rings (SSSR count). The molecular weight excluding hydrogens is 536 g/mol. The normalized spacial score (nSPS) is 13.8. The monoisotopic (exact) mass is 605 g/mol. The molecule has 2 atom stereocenters. The minimum Gasteiger partial charge on any atom is -0.493 e. The molecule has 2 nitrogen and oxygen atoms in total. The molecule has 0 heterocycles. The van der Waals surface area contributed by atoms with Gasteiger partial charge >= 0.3 is 0 Å². The lowest BCUT2D eigenvalue weighted by molar-refractivity contribution is 0.268. The molecule has 0 saturated carbocycles. The predicted molar refractivity (Wildman–Crippen MR) is 195 cm³/mol. The smallest absolute Gasteiger partial charge is 0.123 e. The first-order valence-electron chi connectivity index (χ1n) is 18.0. The second-order valence-corrected chi connectivity index (χ2v) is 15.4. The van der Waals surface area contributed by atoms with Crippen LogP contribution in [0.1, 0.15) is 162 Å². The molecule has 0 aliphatic heterocycles. The molecule has 2 heteroatoms. The van der Waals surface area contributed by atoms with Crippen LogP contribution in [0.15, 0.2) is 36.4 Å². The standard InChI is InChI=1S/C42H68O2/c1-12-42(10,11)39-24-22-37(30-41(39)44-28-26-35(9)18-14-16-32(4)5)20-19-36-21-23-38(33(6)7)40(29-36)43-27-25-34(8)17-13-15-31(2)3/h19-24,29-35H,12-18,25-28H2,1-11H3/b20-19+. The Labute approximate surface area is 273 Å². The predicted octanol–water partition coefficient (Wildman–Crippen LogP) is 13.1. The largest absolute Gasteiger partial charge is 0.493 e. The number of hydrogen-bond donors (Lipinski definition) is 0. The number of hydrogen-bond acceptors (Lipinski definition) is 2. The third-order valence-corrected chi connectivity index (χ3v) is 9.44. The average Bonchev–Trinajstić information content (AvgIpc) is 2.95. The molecule has 0 spiro atoms. The summed E-state index contributed by atoms with van der Waals surface area (Å²) >= 11 is 0. The fraction of sp³-hybridized carbons (Fsp3) is 0.667. The summed E-state index contributed by atoms with van der Waals surface area (Å²) in [7, 11) is 0. The lowest BCUT2D eigenvalue weighted by Crippen LogP contribution is -2.18. The molecular formula is C42H68O2. The van der Waals surface area contributed by atoms with Gasteiger partial charge in [-0.25, -0.2) is 0 Å². The van der Waals surface area contributed by atoms with Crippen LogP contribution < -0.4 is 9.47 Å². The maximum Gasteiger partial charge on any atom is 0.123 e. The van der Waals surface area contributed by atoms with Crippen molar-refractivity contribution in [2.75, 3.05) is 13.2 Å². The van der Waals surface area contributed by atoms with Gasteiger partial charge in [-0.15, -0.1) is 0 Å². The van der Waals surface area contributed by atoms with Crippen LogP contribution in [0.25, 0.3) is 12.2 Å². The first-order valence-corrected chi connectivity index (χ1v) is 18.0. The molecule has 44 heavy (non-hydrogen) atoms. The molecule has 0 fully saturated rings. The minimum absolute atomic E-state index is 0.0747. The third-order valence-electron chi connectivity index (χ3n) is 9.44. The van der Waals surface area contributed by atoms with Crippen molar-refractivity contribution in [1.82, 2.24) is 0 Å². The van der Waals surface area contributed by atoms with Gasteiger partial charge in [0.15, 0.2) is 0 Å². The maximum absolute atomic E-state index is 6.52. The van der Waals surface area contributed by atoms with Gasteiger partial charge in [-0.3, -0.25) is 0 Å². The Kier molecular flexibility index (Phi) is 16.7. The van der Waals surface area contributed by atoms with E-state index >= 15 is 0 Å². The molecule has 0 radical (unpaired) electrons. The van der Waals surface area contributed by atoms with E-state index in [2.05, 4.69) is 125 Å². The Balaban J connectivity index is 2.13. The summed E-state index contributed by atoms with van der Waals surface area (Å²) in [5.74, 6) is 5.47. The molecule has 0 amide bonds. The van der Waals surface area contributed by atoms with Gasteiger partial charge < -0.3 is 9.47 Å². The summed E-state index contributed by atoms with van der Waals surface area (Å²) in [6.07, 6.45) is 15.6. The van der Waals surface area contributed by atoms with Crippen LogP contribution in [0.3, 0.4) is 0 Å². The van der Waals surface area contributed by atoms with Crippen molar-refractivity contribution in [2.45, 2.75) is 145 Å². The zero-order valence-corrected chi connectivity index (χ0v) is 30.6. The van der Waals surface area contributed by atoms with Crippen LogP contribution in [0.2, 0.25) is 0 Å². The fourth-order valence-electron chi connectivity index (χ4n) is 5.74. The SMILES string of the molecule is CCC(C)(C)c1ccc(/C=C/c2ccc(C(C)C)c(OCCC(C)CCCC(C)C)c2)cc1OCCC(C)CCCC(C)C. The van der Waals surface area contributed by atoms with Gasteiger partial charge in [0, 0.05) is 0 Å². The van der Waals surface area contributed by atoms with Gasteiger partial charge in [-0.05, 0) is 88.7 Å². The molecule has 0 saturated heterocycles. The molecule has 0 bridgehead atoms. The van der Waals surface area contributed by atoms with E-state index in [0.29, 0.717) is 17.8 Å². The number of benzene rings is 2. The molecule has 248 valence electrons. The lowest BCUT2D eigenvalue weighted by atomic mass is 9.81. The molecule has 0 aliphatic carbocycles. The van der Waals surface area contributed by atoms with Crippen molar-refractivity contribution in [3.63, 3.8) is 0 Å². The van der Waals surface area contributed by atoms with Crippen LogP contribution in [0.4, 0.5) is 0 Å². The van der Waals surface area contributed by atoms with Gasteiger partial charge in [0.05, 0.1) is 13.2 Å². The van der Waals surface area contributed by atoms with Crippen molar-refractivity contribution in [3.8, 4) is 11.5 Å². The molecule has 0 N–H and O–H groups in total. The Morgan fingerprint density at radius 1 is 0.614 bits per heavy atom. The topological polar surface area (TPSA) is 18.5 Å². The van der Waals surface area contributed by atoms with Crippen molar-refractivity contribution in [3.05, 3.63) is 58.7 Å². The summed E-state index contributed by atoms with van der Waals surface area (Å²) in [4.78, 5) is 0. The summed E-state index contributed by atoms with van der Waals surface area (Å²) in [6, 6.07) is 13.5. The Morgan fingerprint density at radius 3 is 1.57 bits per heavy atom. The summed E-state index contributed by atoms with van der Waals surface area (Å²) in [5, 5.41) is 0. The Hall–Kier alpha value is -2.22. The highest BCUT2D eigenvalue weighted by atomic mass is 16.5.